The molecule has 0 aromatic heterocycles. The molecule has 0 bridgehead atoms. The predicted octanol–water partition coefficient (Wildman–Crippen LogP) is 3.89. The summed E-state index contributed by atoms with van der Waals surface area (Å²) in [6.07, 6.45) is 2.35. The van der Waals surface area contributed by atoms with Gasteiger partial charge in [0, 0.05) is 5.56 Å². The molecule has 0 aliphatic rings. The molecule has 4 nitrogen and oxygen atoms in total. The van der Waals surface area contributed by atoms with E-state index in [2.05, 4.69) is 0 Å². The minimum Gasteiger partial charge on any atom is -0.489 e. The largest absolute Gasteiger partial charge is 0.489 e. The normalized spacial score (nSPS) is 9.95. The van der Waals surface area contributed by atoms with Crippen molar-refractivity contribution in [1.29, 1.82) is 0 Å². The Bertz CT molecular complexity index is 617. The lowest BCUT2D eigenvalue weighted by atomic mass is 10.2. The Labute approximate surface area is 123 Å². The van der Waals surface area contributed by atoms with Crippen molar-refractivity contribution in [2.45, 2.75) is 13.3 Å². The summed E-state index contributed by atoms with van der Waals surface area (Å²) in [5.74, 6) is 1.49. The molecule has 2 aromatic carbocycles. The van der Waals surface area contributed by atoms with Gasteiger partial charge >= 0.3 is 0 Å². The van der Waals surface area contributed by atoms with Crippen molar-refractivity contribution in [3.8, 4) is 17.2 Å². The van der Waals surface area contributed by atoms with Crippen molar-refractivity contribution < 1.29 is 19.1 Å². The number of ether oxygens (including phenoxy) is 2. The summed E-state index contributed by atoms with van der Waals surface area (Å²) in [6, 6.07) is 11.9. The molecule has 0 spiro atoms. The molecule has 0 heterocycles. The van der Waals surface area contributed by atoms with Gasteiger partial charge in [0.25, 0.3) is 0 Å². The van der Waals surface area contributed by atoms with Gasteiger partial charge in [-0.1, -0.05) is 13.0 Å². The number of rotatable bonds is 7. The van der Waals surface area contributed by atoms with Gasteiger partial charge in [0.2, 0.25) is 0 Å². The standard InChI is InChI=1S/C17H16O4/c1-2-10-20-17-14(12-19)4-3-5-16(17)21-15-8-6-13(11-18)7-9-15/h3-9,11-12H,2,10H2,1H3. The van der Waals surface area contributed by atoms with Crippen LogP contribution in [0.15, 0.2) is 42.5 Å². The monoisotopic (exact) mass is 284 g/mol. The number of benzene rings is 2. The first-order valence-electron chi connectivity index (χ1n) is 6.72. The van der Waals surface area contributed by atoms with Gasteiger partial charge in [-0.2, -0.15) is 0 Å². The summed E-state index contributed by atoms with van der Waals surface area (Å²) in [4.78, 5) is 21.7. The van der Waals surface area contributed by atoms with Crippen molar-refractivity contribution in [1.82, 2.24) is 0 Å². The number of hydrogen-bond donors (Lipinski definition) is 0. The SMILES string of the molecule is CCCOc1c(C=O)cccc1Oc1ccc(C=O)cc1. The molecule has 4 heteroatoms. The molecular formula is C17H16O4. The number of carbonyl (C=O) groups excluding carboxylic acids is 2. The van der Waals surface area contributed by atoms with Crippen LogP contribution in [-0.4, -0.2) is 19.2 Å². The fourth-order valence-electron chi connectivity index (χ4n) is 1.81. The van der Waals surface area contributed by atoms with Crippen LogP contribution in [0.3, 0.4) is 0 Å². The minimum absolute atomic E-state index is 0.439. The summed E-state index contributed by atoms with van der Waals surface area (Å²) >= 11 is 0. The molecule has 0 aliphatic heterocycles. The van der Waals surface area contributed by atoms with Gasteiger partial charge < -0.3 is 9.47 Å². The van der Waals surface area contributed by atoms with Gasteiger partial charge in [-0.25, -0.2) is 0 Å². The van der Waals surface area contributed by atoms with Gasteiger partial charge in [-0.05, 0) is 42.8 Å². The summed E-state index contributed by atoms with van der Waals surface area (Å²) in [7, 11) is 0. The number of aldehydes is 2. The average Bonchev–Trinajstić information content (AvgIpc) is 2.54. The first kappa shape index (κ1) is 14.8. The van der Waals surface area contributed by atoms with E-state index in [-0.39, 0.29) is 0 Å². The first-order valence-corrected chi connectivity index (χ1v) is 6.72. The maximum absolute atomic E-state index is 11.1. The molecule has 0 atom stereocenters. The highest BCUT2D eigenvalue weighted by Crippen LogP contribution is 2.34. The molecule has 2 aromatic rings. The van der Waals surface area contributed by atoms with E-state index in [0.717, 1.165) is 19.0 Å². The maximum atomic E-state index is 11.1. The van der Waals surface area contributed by atoms with Crippen molar-refractivity contribution in [2.24, 2.45) is 0 Å². The summed E-state index contributed by atoms with van der Waals surface area (Å²) < 4.78 is 11.4. The Balaban J connectivity index is 2.28. The van der Waals surface area contributed by atoms with Gasteiger partial charge in [-0.15, -0.1) is 0 Å². The van der Waals surface area contributed by atoms with E-state index in [9.17, 15) is 9.59 Å². The van der Waals surface area contributed by atoms with Crippen LogP contribution < -0.4 is 9.47 Å². The number of para-hydroxylation sites is 1. The Morgan fingerprint density at radius 1 is 1.00 bits per heavy atom. The van der Waals surface area contributed by atoms with E-state index in [1.165, 1.54) is 0 Å². The molecule has 0 radical (unpaired) electrons. The topological polar surface area (TPSA) is 52.6 Å². The van der Waals surface area contributed by atoms with Crippen molar-refractivity contribution in [3.63, 3.8) is 0 Å². The number of hydrogen-bond acceptors (Lipinski definition) is 4. The predicted molar refractivity (Wildman–Crippen MR) is 79.5 cm³/mol. The van der Waals surface area contributed by atoms with E-state index in [1.807, 2.05) is 6.92 Å². The number of carbonyl (C=O) groups is 2. The lowest BCUT2D eigenvalue weighted by Gasteiger charge is -2.13. The summed E-state index contributed by atoms with van der Waals surface area (Å²) in [5, 5.41) is 0. The Morgan fingerprint density at radius 3 is 2.38 bits per heavy atom. The van der Waals surface area contributed by atoms with Crippen LogP contribution in [0.4, 0.5) is 0 Å². The van der Waals surface area contributed by atoms with Gasteiger partial charge in [0.1, 0.15) is 12.0 Å². The highest BCUT2D eigenvalue weighted by Gasteiger charge is 2.11. The Kier molecular flexibility index (Phi) is 5.10. The molecular weight excluding hydrogens is 268 g/mol. The second kappa shape index (κ2) is 7.24. The second-order valence-corrected chi connectivity index (χ2v) is 4.43. The zero-order valence-corrected chi connectivity index (χ0v) is 11.7. The molecule has 0 aliphatic carbocycles. The van der Waals surface area contributed by atoms with E-state index in [0.29, 0.717) is 35.0 Å². The smallest absolute Gasteiger partial charge is 0.172 e. The molecule has 0 saturated heterocycles. The fraction of sp³-hybridized carbons (Fsp3) is 0.176. The summed E-state index contributed by atoms with van der Waals surface area (Å²) in [6.45, 7) is 2.49. The quantitative estimate of drug-likeness (QED) is 0.724. The van der Waals surface area contributed by atoms with Crippen LogP contribution in [-0.2, 0) is 0 Å². The summed E-state index contributed by atoms with van der Waals surface area (Å²) in [5.41, 5.74) is 1.02. The molecule has 0 saturated carbocycles. The van der Waals surface area contributed by atoms with Crippen LogP contribution in [0.2, 0.25) is 0 Å². The zero-order valence-electron chi connectivity index (χ0n) is 11.7. The minimum atomic E-state index is 0.439. The molecule has 21 heavy (non-hydrogen) atoms. The van der Waals surface area contributed by atoms with Crippen LogP contribution >= 0.6 is 0 Å². The Morgan fingerprint density at radius 2 is 1.76 bits per heavy atom. The van der Waals surface area contributed by atoms with E-state index in [1.54, 1.807) is 42.5 Å². The third-order valence-corrected chi connectivity index (χ3v) is 2.83. The highest BCUT2D eigenvalue weighted by molar-refractivity contribution is 5.81. The lowest BCUT2D eigenvalue weighted by Crippen LogP contribution is -2.00. The van der Waals surface area contributed by atoms with E-state index >= 15 is 0 Å². The maximum Gasteiger partial charge on any atom is 0.172 e. The van der Waals surface area contributed by atoms with Crippen LogP contribution in [0.1, 0.15) is 34.1 Å². The van der Waals surface area contributed by atoms with Crippen molar-refractivity contribution >= 4 is 12.6 Å². The molecule has 0 fully saturated rings. The zero-order chi connectivity index (χ0) is 15.1. The van der Waals surface area contributed by atoms with Crippen LogP contribution in [0, 0.1) is 0 Å². The van der Waals surface area contributed by atoms with E-state index in [4.69, 9.17) is 9.47 Å². The van der Waals surface area contributed by atoms with Gasteiger partial charge in [0.15, 0.2) is 17.8 Å². The fourth-order valence-corrected chi connectivity index (χ4v) is 1.81. The molecule has 0 amide bonds. The van der Waals surface area contributed by atoms with E-state index < -0.39 is 0 Å². The molecule has 2 rings (SSSR count). The average molecular weight is 284 g/mol. The molecule has 0 N–H and O–H groups in total. The second-order valence-electron chi connectivity index (χ2n) is 4.43. The van der Waals surface area contributed by atoms with Gasteiger partial charge in [-0.3, -0.25) is 9.59 Å². The molecule has 0 unspecified atom stereocenters. The Hall–Kier alpha value is -2.62. The third-order valence-electron chi connectivity index (χ3n) is 2.83. The van der Waals surface area contributed by atoms with Gasteiger partial charge in [0.05, 0.1) is 12.2 Å². The first-order chi connectivity index (χ1) is 10.3. The van der Waals surface area contributed by atoms with Crippen molar-refractivity contribution in [3.05, 3.63) is 53.6 Å². The third kappa shape index (κ3) is 3.69. The lowest BCUT2D eigenvalue weighted by molar-refractivity contribution is 0.111. The molecule has 108 valence electrons. The van der Waals surface area contributed by atoms with Crippen LogP contribution in [0.25, 0.3) is 0 Å². The van der Waals surface area contributed by atoms with Crippen LogP contribution in [0.5, 0.6) is 17.2 Å². The van der Waals surface area contributed by atoms with Crippen molar-refractivity contribution in [2.75, 3.05) is 6.61 Å². The highest BCUT2D eigenvalue weighted by atomic mass is 16.5.